The Labute approximate surface area is 162 Å². The predicted molar refractivity (Wildman–Crippen MR) is 110 cm³/mol. The first-order valence-corrected chi connectivity index (χ1v) is 8.96. The van der Waals surface area contributed by atoms with Gasteiger partial charge in [-0.2, -0.15) is 0 Å². The maximum Gasteiger partial charge on any atom is 0.164 e. The van der Waals surface area contributed by atoms with Crippen LogP contribution in [0.25, 0.3) is 0 Å². The molecule has 0 aromatic heterocycles. The van der Waals surface area contributed by atoms with Gasteiger partial charge in [0, 0.05) is 25.1 Å². The van der Waals surface area contributed by atoms with Crippen molar-refractivity contribution in [3.8, 4) is 0 Å². The molecule has 3 heteroatoms. The number of benzene rings is 2. The molecule has 2 nitrogen and oxygen atoms in total. The van der Waals surface area contributed by atoms with Crippen molar-refractivity contribution in [1.29, 1.82) is 0 Å². The Morgan fingerprint density at radius 3 is 2.28 bits per heavy atom. The minimum absolute atomic E-state index is 0. The Hall–Kier alpha value is -1.45. The van der Waals surface area contributed by atoms with E-state index in [2.05, 4.69) is 49.1 Å². The molecule has 1 fully saturated rings. The zero-order valence-corrected chi connectivity index (χ0v) is 16.9. The maximum atomic E-state index is 12.3. The van der Waals surface area contributed by atoms with Gasteiger partial charge in [-0.1, -0.05) is 74.5 Å². The van der Waals surface area contributed by atoms with Crippen molar-refractivity contribution in [3.63, 3.8) is 0 Å². The molecule has 3 rings (SSSR count). The molecule has 0 aliphatic carbocycles. The quantitative estimate of drug-likeness (QED) is 0.646. The minimum Gasteiger partial charge on any atom is -0.303 e. The van der Waals surface area contributed by atoms with E-state index >= 15 is 0 Å². The summed E-state index contributed by atoms with van der Waals surface area (Å²) in [7, 11) is 0. The molecular formula is C22H28BrNO. The van der Waals surface area contributed by atoms with Crippen LogP contribution >= 0.6 is 17.0 Å². The fraction of sp³-hybridized carbons (Fsp3) is 0.409. The van der Waals surface area contributed by atoms with E-state index in [1.807, 2.05) is 30.3 Å². The molecule has 1 aliphatic rings. The molecule has 0 spiro atoms. The van der Waals surface area contributed by atoms with E-state index in [0.717, 1.165) is 31.6 Å². The van der Waals surface area contributed by atoms with Crippen LogP contribution in [-0.4, -0.2) is 30.3 Å². The molecule has 0 amide bonds. The summed E-state index contributed by atoms with van der Waals surface area (Å²) < 4.78 is 0. The predicted octanol–water partition coefficient (Wildman–Crippen LogP) is 5.14. The number of likely N-dealkylation sites (tertiary alicyclic amines) is 1. The highest BCUT2D eigenvalue weighted by atomic mass is 79.9. The fourth-order valence-electron chi connectivity index (χ4n) is 3.80. The maximum absolute atomic E-state index is 12.3. The van der Waals surface area contributed by atoms with Crippen LogP contribution < -0.4 is 0 Å². The van der Waals surface area contributed by atoms with Crippen molar-refractivity contribution in [2.75, 3.05) is 19.6 Å². The lowest BCUT2D eigenvalue weighted by Gasteiger charge is -2.45. The smallest absolute Gasteiger partial charge is 0.164 e. The number of hydrogen-bond donors (Lipinski definition) is 0. The number of carbonyl (C=O) groups excluding carboxylic acids is 1. The van der Waals surface area contributed by atoms with Gasteiger partial charge in [0.05, 0.1) is 0 Å². The molecule has 2 aromatic carbocycles. The van der Waals surface area contributed by atoms with Gasteiger partial charge in [-0.3, -0.25) is 4.79 Å². The zero-order valence-electron chi connectivity index (χ0n) is 15.2. The lowest BCUT2D eigenvalue weighted by molar-refractivity contribution is 0.0887. The third-order valence-corrected chi connectivity index (χ3v) is 5.75. The number of ketones is 1. The third-order valence-electron chi connectivity index (χ3n) is 5.75. The number of piperidine rings is 1. The van der Waals surface area contributed by atoms with Crippen LogP contribution in [0.5, 0.6) is 0 Å². The molecule has 0 unspecified atom stereocenters. The van der Waals surface area contributed by atoms with Crippen molar-refractivity contribution in [1.82, 2.24) is 4.90 Å². The van der Waals surface area contributed by atoms with Crippen molar-refractivity contribution < 1.29 is 4.79 Å². The van der Waals surface area contributed by atoms with E-state index in [0.29, 0.717) is 12.3 Å². The molecule has 0 bridgehead atoms. The fourth-order valence-corrected chi connectivity index (χ4v) is 3.80. The Morgan fingerprint density at radius 1 is 1.08 bits per heavy atom. The van der Waals surface area contributed by atoms with E-state index in [-0.39, 0.29) is 28.2 Å². The summed E-state index contributed by atoms with van der Waals surface area (Å²) in [4.78, 5) is 14.7. The van der Waals surface area contributed by atoms with Crippen molar-refractivity contribution in [3.05, 3.63) is 71.8 Å². The molecule has 1 heterocycles. The van der Waals surface area contributed by atoms with Gasteiger partial charge in [-0.05, 0) is 29.9 Å². The van der Waals surface area contributed by atoms with E-state index in [1.165, 1.54) is 5.56 Å². The van der Waals surface area contributed by atoms with Gasteiger partial charge in [0.2, 0.25) is 0 Å². The Morgan fingerprint density at radius 2 is 1.68 bits per heavy atom. The summed E-state index contributed by atoms with van der Waals surface area (Å²) in [6.45, 7) is 7.73. The highest BCUT2D eigenvalue weighted by molar-refractivity contribution is 8.93. The number of nitrogens with zero attached hydrogens (tertiary/aromatic N) is 1. The van der Waals surface area contributed by atoms with Gasteiger partial charge in [0.25, 0.3) is 0 Å². The first kappa shape index (κ1) is 19.9. The summed E-state index contributed by atoms with van der Waals surface area (Å²) in [6.07, 6.45) is 1.76. The summed E-state index contributed by atoms with van der Waals surface area (Å²) in [6, 6.07) is 20.5. The number of carbonyl (C=O) groups is 1. The van der Waals surface area contributed by atoms with Crippen molar-refractivity contribution in [2.24, 2.45) is 5.92 Å². The van der Waals surface area contributed by atoms with E-state index in [4.69, 9.17) is 0 Å². The summed E-state index contributed by atoms with van der Waals surface area (Å²) >= 11 is 0. The first-order chi connectivity index (χ1) is 11.6. The topological polar surface area (TPSA) is 20.3 Å². The van der Waals surface area contributed by atoms with Crippen molar-refractivity contribution >= 4 is 22.8 Å². The van der Waals surface area contributed by atoms with Crippen LogP contribution in [-0.2, 0) is 5.41 Å². The van der Waals surface area contributed by atoms with Crippen molar-refractivity contribution in [2.45, 2.75) is 32.1 Å². The van der Waals surface area contributed by atoms with Gasteiger partial charge in [0.1, 0.15) is 0 Å². The minimum atomic E-state index is 0. The standard InChI is InChI=1S/C22H27NO.BrH/c1-18-17-23(15-13-21(24)19-9-5-3-6-10-19)16-14-22(18,2)20-11-7-4-8-12-20;/h3-12,18H,13-17H2,1-2H3;1H/t18-,22-;/m0./s1. The normalized spacial score (nSPS) is 23.7. The second-order valence-electron chi connectivity index (χ2n) is 7.27. The molecule has 134 valence electrons. The second kappa shape index (κ2) is 8.77. The largest absolute Gasteiger partial charge is 0.303 e. The highest BCUT2D eigenvalue weighted by Gasteiger charge is 2.37. The molecule has 2 atom stereocenters. The van der Waals surface area contributed by atoms with Gasteiger partial charge in [-0.25, -0.2) is 0 Å². The van der Waals surface area contributed by atoms with E-state index in [9.17, 15) is 4.79 Å². The van der Waals surface area contributed by atoms with Crippen LogP contribution in [0.2, 0.25) is 0 Å². The Balaban J connectivity index is 0.00000225. The zero-order chi connectivity index (χ0) is 17.0. The highest BCUT2D eigenvalue weighted by Crippen LogP contribution is 2.39. The van der Waals surface area contributed by atoms with E-state index < -0.39 is 0 Å². The van der Waals surface area contributed by atoms with Crippen LogP contribution in [0.1, 0.15) is 42.6 Å². The Bertz CT molecular complexity index is 673. The van der Waals surface area contributed by atoms with Crippen LogP contribution in [0, 0.1) is 5.92 Å². The summed E-state index contributed by atoms with van der Waals surface area (Å²) in [5.41, 5.74) is 2.51. The lowest BCUT2D eigenvalue weighted by atomic mass is 9.68. The van der Waals surface area contributed by atoms with Gasteiger partial charge in [0.15, 0.2) is 5.78 Å². The molecule has 0 N–H and O–H groups in total. The molecular weight excluding hydrogens is 374 g/mol. The van der Waals surface area contributed by atoms with Gasteiger partial charge in [-0.15, -0.1) is 17.0 Å². The molecule has 1 aliphatic heterocycles. The molecule has 1 saturated heterocycles. The summed E-state index contributed by atoms with van der Waals surface area (Å²) in [5.74, 6) is 0.833. The van der Waals surface area contributed by atoms with Gasteiger partial charge >= 0.3 is 0 Å². The number of Topliss-reactive ketones (excluding diaryl/α,β-unsaturated/α-hetero) is 1. The van der Waals surface area contributed by atoms with Crippen LogP contribution in [0.3, 0.4) is 0 Å². The average molecular weight is 402 g/mol. The molecule has 0 radical (unpaired) electrons. The van der Waals surface area contributed by atoms with E-state index in [1.54, 1.807) is 0 Å². The van der Waals surface area contributed by atoms with Crippen LogP contribution in [0.15, 0.2) is 60.7 Å². The molecule has 0 saturated carbocycles. The second-order valence-corrected chi connectivity index (χ2v) is 7.27. The van der Waals surface area contributed by atoms with Crippen LogP contribution in [0.4, 0.5) is 0 Å². The monoisotopic (exact) mass is 401 g/mol. The lowest BCUT2D eigenvalue weighted by Crippen LogP contribution is -2.47. The van der Waals surface area contributed by atoms with Gasteiger partial charge < -0.3 is 4.90 Å². The average Bonchev–Trinajstić information content (AvgIpc) is 2.64. The number of rotatable bonds is 5. The molecule has 25 heavy (non-hydrogen) atoms. The third kappa shape index (κ3) is 4.59. The number of halogens is 1. The SMILES string of the molecule is Br.C[C@H]1CN(CCC(=O)c2ccccc2)CC[C@]1(C)c1ccccc1. The Kier molecular flexibility index (Phi) is 6.97. The molecule has 2 aromatic rings. The first-order valence-electron chi connectivity index (χ1n) is 8.96. The number of hydrogen-bond acceptors (Lipinski definition) is 2. The summed E-state index contributed by atoms with van der Waals surface area (Å²) in [5, 5.41) is 0.